The van der Waals surface area contributed by atoms with Crippen molar-refractivity contribution in [2.75, 3.05) is 39.3 Å². The number of halogens is 2. The highest BCUT2D eigenvalue weighted by Crippen LogP contribution is 2.33. The molecule has 2 saturated heterocycles. The Labute approximate surface area is 170 Å². The van der Waals surface area contributed by atoms with Crippen LogP contribution in [-0.2, 0) is 0 Å². The van der Waals surface area contributed by atoms with Crippen LogP contribution in [-0.4, -0.2) is 54.1 Å². The third-order valence-corrected chi connectivity index (χ3v) is 6.05. The van der Waals surface area contributed by atoms with Crippen molar-refractivity contribution in [3.8, 4) is 0 Å². The first-order valence-electron chi connectivity index (χ1n) is 9.91. The number of likely N-dealkylation sites (tertiary alicyclic amines) is 2. The number of fused-ring (bicyclic) bond motifs is 1. The van der Waals surface area contributed by atoms with E-state index in [1.54, 1.807) is 5.56 Å². The van der Waals surface area contributed by atoms with Crippen LogP contribution in [0.5, 0.6) is 0 Å². The number of hydrogen-bond acceptors (Lipinski definition) is 2. The van der Waals surface area contributed by atoms with E-state index in [4.69, 9.17) is 0 Å². The molecular formula is C21H33Cl2N3. The Balaban J connectivity index is 0.00000121. The lowest BCUT2D eigenvalue weighted by molar-refractivity contribution is 0.181. The molecule has 2 aliphatic heterocycles. The molecule has 0 amide bonds. The second-order valence-corrected chi connectivity index (χ2v) is 7.66. The average Bonchev–Trinajstić information content (AvgIpc) is 3.07. The number of H-pyrrole nitrogens is 1. The third kappa shape index (κ3) is 5.16. The third-order valence-electron chi connectivity index (χ3n) is 6.05. The summed E-state index contributed by atoms with van der Waals surface area (Å²) in [6, 6.07) is 8.74. The van der Waals surface area contributed by atoms with Gasteiger partial charge in [-0.05, 0) is 88.9 Å². The summed E-state index contributed by atoms with van der Waals surface area (Å²) < 4.78 is 0. The van der Waals surface area contributed by atoms with Crippen LogP contribution in [0.4, 0.5) is 0 Å². The Morgan fingerprint density at radius 2 is 1.50 bits per heavy atom. The monoisotopic (exact) mass is 397 g/mol. The van der Waals surface area contributed by atoms with Crippen molar-refractivity contribution >= 4 is 35.7 Å². The molecule has 0 bridgehead atoms. The maximum absolute atomic E-state index is 3.45. The molecule has 1 aromatic carbocycles. The molecule has 5 heteroatoms. The minimum atomic E-state index is 0. The molecule has 0 saturated carbocycles. The quantitative estimate of drug-likeness (QED) is 0.760. The zero-order valence-electron chi connectivity index (χ0n) is 15.7. The summed E-state index contributed by atoms with van der Waals surface area (Å²) >= 11 is 0. The van der Waals surface area contributed by atoms with Gasteiger partial charge in [-0.25, -0.2) is 0 Å². The predicted molar refractivity (Wildman–Crippen MR) is 116 cm³/mol. The van der Waals surface area contributed by atoms with Gasteiger partial charge in [-0.1, -0.05) is 24.6 Å². The molecule has 3 heterocycles. The van der Waals surface area contributed by atoms with Crippen molar-refractivity contribution in [3.63, 3.8) is 0 Å². The van der Waals surface area contributed by atoms with Crippen molar-refractivity contribution in [1.29, 1.82) is 0 Å². The highest BCUT2D eigenvalue weighted by molar-refractivity contribution is 5.85. The summed E-state index contributed by atoms with van der Waals surface area (Å²) in [6.07, 6.45) is 10.5. The van der Waals surface area contributed by atoms with Crippen LogP contribution in [0.15, 0.2) is 30.5 Å². The second-order valence-electron chi connectivity index (χ2n) is 7.66. The summed E-state index contributed by atoms with van der Waals surface area (Å²) in [5, 5.41) is 1.43. The van der Waals surface area contributed by atoms with Gasteiger partial charge in [0.2, 0.25) is 0 Å². The fourth-order valence-electron chi connectivity index (χ4n) is 4.60. The van der Waals surface area contributed by atoms with E-state index in [2.05, 4.69) is 45.2 Å². The van der Waals surface area contributed by atoms with Crippen molar-refractivity contribution in [3.05, 3.63) is 36.0 Å². The topological polar surface area (TPSA) is 22.3 Å². The molecule has 4 rings (SSSR count). The largest absolute Gasteiger partial charge is 0.361 e. The van der Waals surface area contributed by atoms with Crippen LogP contribution in [0, 0.1) is 0 Å². The van der Waals surface area contributed by atoms with Crippen molar-refractivity contribution < 1.29 is 0 Å². The van der Waals surface area contributed by atoms with E-state index < -0.39 is 0 Å². The van der Waals surface area contributed by atoms with Crippen LogP contribution >= 0.6 is 24.8 Å². The minimum Gasteiger partial charge on any atom is -0.361 e. The van der Waals surface area contributed by atoms with Crippen molar-refractivity contribution in [2.45, 2.75) is 44.4 Å². The molecule has 0 atom stereocenters. The molecule has 2 fully saturated rings. The highest BCUT2D eigenvalue weighted by atomic mass is 35.5. The first kappa shape index (κ1) is 21.6. The molecule has 146 valence electrons. The van der Waals surface area contributed by atoms with Crippen LogP contribution in [0.25, 0.3) is 10.9 Å². The lowest BCUT2D eigenvalue weighted by atomic mass is 9.89. The standard InChI is InChI=1S/C21H31N3.2ClH/c1-4-11-23(12-5-1)13-6-14-24-15-9-18(10-16-24)20-17-22-21-8-3-2-7-19(20)21;;/h2-3,7-8,17-18,22H,1,4-6,9-16H2;2*1H. The van der Waals surface area contributed by atoms with Gasteiger partial charge < -0.3 is 14.8 Å². The summed E-state index contributed by atoms with van der Waals surface area (Å²) in [4.78, 5) is 8.81. The Hall–Kier alpha value is -0.740. The summed E-state index contributed by atoms with van der Waals surface area (Å²) in [5.41, 5.74) is 2.83. The van der Waals surface area contributed by atoms with Gasteiger partial charge in [0.15, 0.2) is 0 Å². The molecule has 0 unspecified atom stereocenters. The molecule has 2 aliphatic rings. The summed E-state index contributed by atoms with van der Waals surface area (Å²) in [5.74, 6) is 0.736. The van der Waals surface area contributed by atoms with Gasteiger partial charge in [-0.2, -0.15) is 0 Å². The highest BCUT2D eigenvalue weighted by Gasteiger charge is 2.22. The number of hydrogen-bond donors (Lipinski definition) is 1. The van der Waals surface area contributed by atoms with Gasteiger partial charge in [0.25, 0.3) is 0 Å². The number of piperidine rings is 2. The zero-order chi connectivity index (χ0) is 16.2. The van der Waals surface area contributed by atoms with E-state index in [-0.39, 0.29) is 24.8 Å². The van der Waals surface area contributed by atoms with E-state index in [0.29, 0.717) is 0 Å². The normalized spacial score (nSPS) is 19.8. The van der Waals surface area contributed by atoms with E-state index in [1.807, 2.05) is 0 Å². The molecule has 3 nitrogen and oxygen atoms in total. The smallest absolute Gasteiger partial charge is 0.0456 e. The fourth-order valence-corrected chi connectivity index (χ4v) is 4.60. The molecule has 0 aliphatic carbocycles. The number of benzene rings is 1. The van der Waals surface area contributed by atoms with E-state index in [0.717, 1.165) is 5.92 Å². The Morgan fingerprint density at radius 3 is 2.23 bits per heavy atom. The van der Waals surface area contributed by atoms with Crippen molar-refractivity contribution in [1.82, 2.24) is 14.8 Å². The van der Waals surface area contributed by atoms with Crippen LogP contribution in [0.2, 0.25) is 0 Å². The second kappa shape index (κ2) is 10.6. The Kier molecular flexibility index (Phi) is 8.75. The first-order chi connectivity index (χ1) is 11.9. The van der Waals surface area contributed by atoms with Crippen LogP contribution in [0.1, 0.15) is 50.0 Å². The number of nitrogens with one attached hydrogen (secondary N) is 1. The number of aromatic amines is 1. The van der Waals surface area contributed by atoms with E-state index >= 15 is 0 Å². The molecule has 2 aromatic rings. The Bertz CT molecular complexity index is 643. The molecular weight excluding hydrogens is 365 g/mol. The van der Waals surface area contributed by atoms with Gasteiger partial charge in [-0.15, -0.1) is 24.8 Å². The molecule has 0 spiro atoms. The maximum Gasteiger partial charge on any atom is 0.0456 e. The lowest BCUT2D eigenvalue weighted by Crippen LogP contribution is -2.36. The minimum absolute atomic E-state index is 0. The van der Waals surface area contributed by atoms with Gasteiger partial charge in [-0.3, -0.25) is 0 Å². The number of para-hydroxylation sites is 1. The predicted octanol–water partition coefficient (Wildman–Crippen LogP) is 5.07. The van der Waals surface area contributed by atoms with Gasteiger partial charge >= 0.3 is 0 Å². The van der Waals surface area contributed by atoms with Gasteiger partial charge in [0.1, 0.15) is 0 Å². The maximum atomic E-state index is 3.45. The molecule has 26 heavy (non-hydrogen) atoms. The number of aromatic nitrogens is 1. The zero-order valence-corrected chi connectivity index (χ0v) is 17.3. The van der Waals surface area contributed by atoms with Crippen molar-refractivity contribution in [2.24, 2.45) is 0 Å². The van der Waals surface area contributed by atoms with Crippen LogP contribution < -0.4 is 0 Å². The lowest BCUT2D eigenvalue weighted by Gasteiger charge is -2.33. The summed E-state index contributed by atoms with van der Waals surface area (Å²) in [6.45, 7) is 7.80. The Morgan fingerprint density at radius 1 is 0.846 bits per heavy atom. The molecule has 1 aromatic heterocycles. The number of rotatable bonds is 5. The average molecular weight is 398 g/mol. The SMILES string of the molecule is Cl.Cl.c1ccc2c(C3CCN(CCCN4CCCCC4)CC3)c[nH]c2c1. The summed E-state index contributed by atoms with van der Waals surface area (Å²) in [7, 11) is 0. The van der Waals surface area contributed by atoms with Crippen LogP contribution in [0.3, 0.4) is 0 Å². The van der Waals surface area contributed by atoms with Gasteiger partial charge in [0.05, 0.1) is 0 Å². The van der Waals surface area contributed by atoms with Gasteiger partial charge in [0, 0.05) is 17.1 Å². The van der Waals surface area contributed by atoms with E-state index in [1.165, 1.54) is 88.7 Å². The molecule has 0 radical (unpaired) electrons. The molecule has 1 N–H and O–H groups in total. The fraction of sp³-hybridized carbons (Fsp3) is 0.619. The number of nitrogens with zero attached hydrogens (tertiary/aromatic N) is 2. The van der Waals surface area contributed by atoms with E-state index in [9.17, 15) is 0 Å². The first-order valence-corrected chi connectivity index (χ1v) is 9.91.